The van der Waals surface area contributed by atoms with Gasteiger partial charge in [-0.3, -0.25) is 0 Å². The van der Waals surface area contributed by atoms with Crippen molar-refractivity contribution in [2.75, 3.05) is 7.11 Å². The Morgan fingerprint density at radius 3 is 2.92 bits per heavy atom. The van der Waals surface area contributed by atoms with Crippen LogP contribution in [-0.2, 0) is 0 Å². The number of phenolic OH excluding ortho intramolecular Hbond substituents is 1. The van der Waals surface area contributed by atoms with E-state index in [2.05, 4.69) is 0 Å². The molecule has 0 fully saturated rings. The van der Waals surface area contributed by atoms with Crippen LogP contribution in [0.5, 0.6) is 11.7 Å². The minimum Gasteiger partial charge on any atom is -0.508 e. The summed E-state index contributed by atoms with van der Waals surface area (Å²) in [4.78, 5) is 0. The fourth-order valence-corrected chi connectivity index (χ4v) is 1.10. The number of ether oxygens (including phenoxy) is 1. The Kier molecular flexibility index (Phi) is 1.43. The Hall–Kier alpha value is -1.64. The maximum Gasteiger partial charge on any atom is 0.285 e. The lowest BCUT2D eigenvalue weighted by molar-refractivity contribution is 0.315. The van der Waals surface area contributed by atoms with Crippen molar-refractivity contribution < 1.29 is 14.3 Å². The first kappa shape index (κ1) is 7.03. The number of methoxy groups -OCH3 is 1. The molecular weight excluding hydrogens is 156 g/mol. The summed E-state index contributed by atoms with van der Waals surface area (Å²) in [6.07, 6.45) is 0. The van der Waals surface area contributed by atoms with Gasteiger partial charge in [-0.2, -0.15) is 0 Å². The molecule has 0 saturated carbocycles. The number of aromatic hydroxyl groups is 1. The van der Waals surface area contributed by atoms with Crippen LogP contribution in [-0.4, -0.2) is 12.2 Å². The van der Waals surface area contributed by atoms with E-state index in [4.69, 9.17) is 14.3 Å². The number of phenols is 1. The largest absolute Gasteiger partial charge is 0.508 e. The highest BCUT2D eigenvalue weighted by Crippen LogP contribution is 2.27. The minimum atomic E-state index is 0.194. The maximum atomic E-state index is 9.11. The van der Waals surface area contributed by atoms with Crippen LogP contribution in [0.1, 0.15) is 0 Å². The first-order valence-corrected chi connectivity index (χ1v) is 3.56. The van der Waals surface area contributed by atoms with Crippen LogP contribution in [0.3, 0.4) is 0 Å². The van der Waals surface area contributed by atoms with Gasteiger partial charge >= 0.3 is 0 Å². The lowest BCUT2D eigenvalue weighted by Crippen LogP contribution is -1.75. The molecule has 0 radical (unpaired) electrons. The van der Waals surface area contributed by atoms with Crippen LogP contribution in [0.15, 0.2) is 28.7 Å². The number of fused-ring (bicyclic) bond motifs is 1. The topological polar surface area (TPSA) is 42.6 Å². The summed E-state index contributed by atoms with van der Waals surface area (Å²) in [5.41, 5.74) is 0.631. The third-order valence-corrected chi connectivity index (χ3v) is 1.68. The number of furan rings is 1. The molecule has 0 saturated heterocycles. The Balaban J connectivity index is 2.67. The number of hydrogen-bond donors (Lipinski definition) is 1. The van der Waals surface area contributed by atoms with Gasteiger partial charge in [-0.15, -0.1) is 0 Å². The van der Waals surface area contributed by atoms with E-state index in [0.717, 1.165) is 5.39 Å². The van der Waals surface area contributed by atoms with Crippen LogP contribution >= 0.6 is 0 Å². The molecule has 2 aromatic rings. The molecule has 12 heavy (non-hydrogen) atoms. The van der Waals surface area contributed by atoms with Crippen molar-refractivity contribution in [3.8, 4) is 11.7 Å². The monoisotopic (exact) mass is 164 g/mol. The van der Waals surface area contributed by atoms with E-state index in [0.29, 0.717) is 11.5 Å². The van der Waals surface area contributed by atoms with Crippen LogP contribution in [0, 0.1) is 0 Å². The summed E-state index contributed by atoms with van der Waals surface area (Å²) in [7, 11) is 1.54. The second-order valence-corrected chi connectivity index (χ2v) is 2.49. The molecule has 1 N–H and O–H groups in total. The van der Waals surface area contributed by atoms with Gasteiger partial charge in [-0.05, 0) is 12.1 Å². The normalized spacial score (nSPS) is 10.4. The predicted octanol–water partition coefficient (Wildman–Crippen LogP) is 2.15. The molecule has 0 aliphatic carbocycles. The Labute approximate surface area is 69.2 Å². The lowest BCUT2D eigenvalue weighted by Gasteiger charge is -1.89. The number of rotatable bonds is 1. The fraction of sp³-hybridized carbons (Fsp3) is 0.111. The third kappa shape index (κ3) is 0.993. The third-order valence-electron chi connectivity index (χ3n) is 1.68. The molecule has 0 unspecified atom stereocenters. The molecule has 0 bridgehead atoms. The minimum absolute atomic E-state index is 0.194. The second-order valence-electron chi connectivity index (χ2n) is 2.49. The van der Waals surface area contributed by atoms with Gasteiger partial charge in [-0.1, -0.05) is 0 Å². The Morgan fingerprint density at radius 2 is 2.17 bits per heavy atom. The van der Waals surface area contributed by atoms with Gasteiger partial charge in [0.2, 0.25) is 0 Å². The molecular formula is C9H8O3. The zero-order chi connectivity index (χ0) is 8.55. The van der Waals surface area contributed by atoms with Gasteiger partial charge in [0.05, 0.1) is 7.11 Å². The molecule has 0 aliphatic rings. The van der Waals surface area contributed by atoms with E-state index < -0.39 is 0 Å². The van der Waals surface area contributed by atoms with Crippen LogP contribution < -0.4 is 4.74 Å². The van der Waals surface area contributed by atoms with Crippen molar-refractivity contribution in [1.29, 1.82) is 0 Å². The summed E-state index contributed by atoms with van der Waals surface area (Å²) in [6.45, 7) is 0. The molecule has 0 spiro atoms. The lowest BCUT2D eigenvalue weighted by atomic mass is 10.2. The van der Waals surface area contributed by atoms with E-state index in [1.807, 2.05) is 0 Å². The van der Waals surface area contributed by atoms with Crippen molar-refractivity contribution in [3.05, 3.63) is 24.3 Å². The summed E-state index contributed by atoms with van der Waals surface area (Å²) >= 11 is 0. The van der Waals surface area contributed by atoms with Crippen molar-refractivity contribution in [1.82, 2.24) is 0 Å². The average Bonchev–Trinajstić information content (AvgIpc) is 2.46. The van der Waals surface area contributed by atoms with E-state index in [9.17, 15) is 0 Å². The second kappa shape index (κ2) is 2.44. The predicted molar refractivity (Wildman–Crippen MR) is 44.4 cm³/mol. The van der Waals surface area contributed by atoms with Crippen LogP contribution in [0.4, 0.5) is 0 Å². The highest BCUT2D eigenvalue weighted by molar-refractivity contribution is 5.80. The molecule has 0 aliphatic heterocycles. The average molecular weight is 164 g/mol. The van der Waals surface area contributed by atoms with E-state index in [1.54, 1.807) is 24.3 Å². The van der Waals surface area contributed by atoms with Gasteiger partial charge in [0.1, 0.15) is 11.3 Å². The maximum absolute atomic E-state index is 9.11. The van der Waals surface area contributed by atoms with Crippen LogP contribution in [0.25, 0.3) is 11.0 Å². The van der Waals surface area contributed by atoms with Gasteiger partial charge in [-0.25, -0.2) is 0 Å². The van der Waals surface area contributed by atoms with Gasteiger partial charge in [0.25, 0.3) is 5.95 Å². The molecule has 0 atom stereocenters. The van der Waals surface area contributed by atoms with E-state index in [-0.39, 0.29) is 5.75 Å². The van der Waals surface area contributed by atoms with Crippen molar-refractivity contribution in [3.63, 3.8) is 0 Å². The number of benzene rings is 1. The molecule has 1 aromatic heterocycles. The molecule has 62 valence electrons. The number of hydrogen-bond acceptors (Lipinski definition) is 3. The Bertz CT molecular complexity index is 403. The molecule has 2 rings (SSSR count). The summed E-state index contributed by atoms with van der Waals surface area (Å²) < 4.78 is 10.1. The van der Waals surface area contributed by atoms with Crippen molar-refractivity contribution >= 4 is 11.0 Å². The van der Waals surface area contributed by atoms with Gasteiger partial charge in [0.15, 0.2) is 0 Å². The first-order chi connectivity index (χ1) is 5.79. The molecule has 1 aromatic carbocycles. The summed E-state index contributed by atoms with van der Waals surface area (Å²) in [6, 6.07) is 6.71. The van der Waals surface area contributed by atoms with Crippen molar-refractivity contribution in [2.45, 2.75) is 0 Å². The highest BCUT2D eigenvalue weighted by Gasteiger charge is 2.02. The van der Waals surface area contributed by atoms with Crippen molar-refractivity contribution in [2.24, 2.45) is 0 Å². The molecule has 1 heterocycles. The molecule has 3 heteroatoms. The fourth-order valence-electron chi connectivity index (χ4n) is 1.10. The first-order valence-electron chi connectivity index (χ1n) is 3.56. The molecule has 3 nitrogen and oxygen atoms in total. The standard InChI is InChI=1S/C9H8O3/c1-11-9-4-6-2-3-7(10)5-8(6)12-9/h2-5,10H,1H3. The summed E-state index contributed by atoms with van der Waals surface area (Å²) in [5.74, 6) is 0.648. The zero-order valence-corrected chi connectivity index (χ0v) is 6.57. The van der Waals surface area contributed by atoms with E-state index >= 15 is 0 Å². The van der Waals surface area contributed by atoms with Gasteiger partial charge in [0, 0.05) is 17.5 Å². The van der Waals surface area contributed by atoms with E-state index in [1.165, 1.54) is 7.11 Å². The molecule has 0 amide bonds. The quantitative estimate of drug-likeness (QED) is 0.702. The Morgan fingerprint density at radius 1 is 1.33 bits per heavy atom. The smallest absolute Gasteiger partial charge is 0.285 e. The van der Waals surface area contributed by atoms with Gasteiger partial charge < -0.3 is 14.3 Å². The highest BCUT2D eigenvalue weighted by atomic mass is 16.6. The van der Waals surface area contributed by atoms with Crippen LogP contribution in [0.2, 0.25) is 0 Å². The SMILES string of the molecule is COc1cc2ccc(O)cc2o1. The summed E-state index contributed by atoms with van der Waals surface area (Å²) in [5, 5.41) is 10.0. The zero-order valence-electron chi connectivity index (χ0n) is 6.57.